The Balaban J connectivity index is 1.56. The maximum Gasteiger partial charge on any atom is 0.226 e. The quantitative estimate of drug-likeness (QED) is 0.629. The molecule has 1 N–H and O–H groups in total. The number of hydrogen-bond donors (Lipinski definition) is 1. The molecule has 0 unspecified atom stereocenters. The van der Waals surface area contributed by atoms with E-state index in [0.717, 1.165) is 28.4 Å². The van der Waals surface area contributed by atoms with Crippen molar-refractivity contribution in [3.63, 3.8) is 0 Å². The van der Waals surface area contributed by atoms with E-state index in [1.54, 1.807) is 0 Å². The molecule has 0 fully saturated rings. The summed E-state index contributed by atoms with van der Waals surface area (Å²) in [5.74, 6) is 0.821. The first kappa shape index (κ1) is 19.1. The van der Waals surface area contributed by atoms with E-state index in [2.05, 4.69) is 29.4 Å². The number of nitrogens with one attached hydrogen (secondary N) is 1. The van der Waals surface area contributed by atoms with Gasteiger partial charge in [0.05, 0.1) is 24.3 Å². The normalized spacial score (nSPS) is 10.6. The van der Waals surface area contributed by atoms with Crippen LogP contribution in [0.1, 0.15) is 23.7 Å². The van der Waals surface area contributed by atoms with Crippen molar-refractivity contribution in [1.82, 2.24) is 10.3 Å². The predicted octanol–water partition coefficient (Wildman–Crippen LogP) is 4.42. The van der Waals surface area contributed by atoms with Crippen LogP contribution in [0.25, 0.3) is 10.6 Å². The van der Waals surface area contributed by atoms with Crippen LogP contribution in [-0.4, -0.2) is 24.0 Å². The lowest BCUT2D eigenvalue weighted by Crippen LogP contribution is -2.27. The van der Waals surface area contributed by atoms with E-state index in [-0.39, 0.29) is 5.91 Å². The van der Waals surface area contributed by atoms with E-state index in [0.29, 0.717) is 19.6 Å². The van der Waals surface area contributed by atoms with Crippen molar-refractivity contribution in [2.24, 2.45) is 0 Å². The topological polar surface area (TPSA) is 51.2 Å². The van der Waals surface area contributed by atoms with Crippen LogP contribution in [0.2, 0.25) is 0 Å². The third-order valence-corrected chi connectivity index (χ3v) is 5.21. The highest BCUT2D eigenvalue weighted by atomic mass is 32.1. The third kappa shape index (κ3) is 5.17. The molecule has 140 valence electrons. The second kappa shape index (κ2) is 9.33. The van der Waals surface area contributed by atoms with Crippen molar-refractivity contribution in [2.45, 2.75) is 26.7 Å². The Hall–Kier alpha value is -2.66. The van der Waals surface area contributed by atoms with Crippen LogP contribution in [0.3, 0.4) is 0 Å². The first-order valence-electron chi connectivity index (χ1n) is 9.15. The molecule has 2 aromatic carbocycles. The summed E-state index contributed by atoms with van der Waals surface area (Å²) in [6.07, 6.45) is 1.13. The number of amides is 1. The van der Waals surface area contributed by atoms with Crippen molar-refractivity contribution in [1.29, 1.82) is 0 Å². The van der Waals surface area contributed by atoms with Gasteiger partial charge in [0.15, 0.2) is 0 Å². The number of carbonyl (C=O) groups excluding carboxylic acids is 1. The molecule has 3 aromatic rings. The largest absolute Gasteiger partial charge is 0.493 e. The van der Waals surface area contributed by atoms with Gasteiger partial charge in [-0.15, -0.1) is 11.3 Å². The number of aromatic nitrogens is 1. The molecule has 27 heavy (non-hydrogen) atoms. The number of ether oxygens (including phenoxy) is 1. The zero-order valence-corrected chi connectivity index (χ0v) is 16.5. The molecule has 0 aliphatic carbocycles. The molecule has 0 saturated carbocycles. The van der Waals surface area contributed by atoms with Gasteiger partial charge >= 0.3 is 0 Å². The van der Waals surface area contributed by atoms with Crippen LogP contribution in [0.5, 0.6) is 5.75 Å². The summed E-state index contributed by atoms with van der Waals surface area (Å²) in [6.45, 7) is 5.30. The number of nitrogens with zero attached hydrogens (tertiary/aromatic N) is 1. The van der Waals surface area contributed by atoms with Gasteiger partial charge in [0.2, 0.25) is 5.91 Å². The molecule has 1 amide bonds. The van der Waals surface area contributed by atoms with Gasteiger partial charge in [0.25, 0.3) is 0 Å². The molecule has 1 aromatic heterocycles. The SMILES string of the molecule is CCOc1ccccc1-c1nc(CC(=O)NCCc2ccccc2C)cs1. The molecule has 0 atom stereocenters. The molecule has 0 bridgehead atoms. The molecule has 0 radical (unpaired) electrons. The van der Waals surface area contributed by atoms with Crippen LogP contribution in [0, 0.1) is 6.92 Å². The molecule has 0 saturated heterocycles. The zero-order valence-electron chi connectivity index (χ0n) is 15.7. The Bertz CT molecular complexity index is 905. The maximum absolute atomic E-state index is 12.2. The average Bonchev–Trinajstić information content (AvgIpc) is 3.12. The van der Waals surface area contributed by atoms with Crippen LogP contribution in [-0.2, 0) is 17.6 Å². The fraction of sp³-hybridized carbons (Fsp3) is 0.273. The highest BCUT2D eigenvalue weighted by molar-refractivity contribution is 7.13. The van der Waals surface area contributed by atoms with Crippen LogP contribution < -0.4 is 10.1 Å². The molecule has 1 heterocycles. The van der Waals surface area contributed by atoms with E-state index in [1.165, 1.54) is 22.5 Å². The molecule has 3 rings (SSSR count). The summed E-state index contributed by atoms with van der Waals surface area (Å²) in [6, 6.07) is 16.1. The van der Waals surface area contributed by atoms with Crippen molar-refractivity contribution in [3.05, 3.63) is 70.7 Å². The third-order valence-electron chi connectivity index (χ3n) is 4.29. The fourth-order valence-electron chi connectivity index (χ4n) is 2.89. The van der Waals surface area contributed by atoms with Crippen molar-refractivity contribution in [3.8, 4) is 16.3 Å². The molecule has 0 aliphatic rings. The summed E-state index contributed by atoms with van der Waals surface area (Å²) >= 11 is 1.54. The van der Waals surface area contributed by atoms with Gasteiger partial charge in [0, 0.05) is 11.9 Å². The molecule has 4 nitrogen and oxygen atoms in total. The Labute approximate surface area is 164 Å². The Morgan fingerprint density at radius 1 is 1.15 bits per heavy atom. The van der Waals surface area contributed by atoms with E-state index >= 15 is 0 Å². The number of aryl methyl sites for hydroxylation is 1. The minimum absolute atomic E-state index is 0.00136. The van der Waals surface area contributed by atoms with Crippen LogP contribution in [0.15, 0.2) is 53.9 Å². The lowest BCUT2D eigenvalue weighted by molar-refractivity contribution is -0.120. The molecule has 0 spiro atoms. The molecular weight excluding hydrogens is 356 g/mol. The minimum Gasteiger partial charge on any atom is -0.493 e. The fourth-order valence-corrected chi connectivity index (χ4v) is 3.74. The van der Waals surface area contributed by atoms with Gasteiger partial charge in [-0.05, 0) is 43.5 Å². The zero-order chi connectivity index (χ0) is 19.1. The summed E-state index contributed by atoms with van der Waals surface area (Å²) < 4.78 is 5.67. The number of carbonyl (C=O) groups is 1. The highest BCUT2D eigenvalue weighted by Gasteiger charge is 2.12. The maximum atomic E-state index is 12.2. The van der Waals surface area contributed by atoms with Gasteiger partial charge in [0.1, 0.15) is 10.8 Å². The van der Waals surface area contributed by atoms with Crippen molar-refractivity contribution in [2.75, 3.05) is 13.2 Å². The van der Waals surface area contributed by atoms with Gasteiger partial charge in [-0.2, -0.15) is 0 Å². The number of thiazole rings is 1. The van der Waals surface area contributed by atoms with E-state index in [4.69, 9.17) is 4.74 Å². The molecule has 5 heteroatoms. The van der Waals surface area contributed by atoms with Crippen molar-refractivity contribution < 1.29 is 9.53 Å². The average molecular weight is 381 g/mol. The first-order valence-corrected chi connectivity index (χ1v) is 10.0. The second-order valence-corrected chi connectivity index (χ2v) is 7.13. The van der Waals surface area contributed by atoms with E-state index in [1.807, 2.05) is 48.7 Å². The minimum atomic E-state index is -0.00136. The van der Waals surface area contributed by atoms with E-state index < -0.39 is 0 Å². The number of benzene rings is 2. The monoisotopic (exact) mass is 380 g/mol. The predicted molar refractivity (Wildman–Crippen MR) is 110 cm³/mol. The first-order chi connectivity index (χ1) is 13.2. The number of rotatable bonds is 8. The molecular formula is C22H24N2O2S. The standard InChI is InChI=1S/C22H24N2O2S/c1-3-26-20-11-7-6-10-19(20)22-24-18(15-27-22)14-21(25)23-13-12-17-9-5-4-8-16(17)2/h4-11,15H,3,12-14H2,1-2H3,(H,23,25). The van der Waals surface area contributed by atoms with E-state index in [9.17, 15) is 4.79 Å². The Morgan fingerprint density at radius 3 is 2.74 bits per heavy atom. The lowest BCUT2D eigenvalue weighted by Gasteiger charge is -2.07. The van der Waals surface area contributed by atoms with Crippen LogP contribution in [0.4, 0.5) is 0 Å². The summed E-state index contributed by atoms with van der Waals surface area (Å²) in [5, 5.41) is 5.81. The van der Waals surface area contributed by atoms with Gasteiger partial charge in [-0.25, -0.2) is 4.98 Å². The summed E-state index contributed by atoms with van der Waals surface area (Å²) in [5.41, 5.74) is 4.27. The smallest absolute Gasteiger partial charge is 0.226 e. The lowest BCUT2D eigenvalue weighted by atomic mass is 10.1. The summed E-state index contributed by atoms with van der Waals surface area (Å²) in [7, 11) is 0. The van der Waals surface area contributed by atoms with Gasteiger partial charge in [-0.3, -0.25) is 4.79 Å². The Kier molecular flexibility index (Phi) is 6.60. The second-order valence-electron chi connectivity index (χ2n) is 6.28. The summed E-state index contributed by atoms with van der Waals surface area (Å²) in [4.78, 5) is 16.9. The van der Waals surface area contributed by atoms with Crippen LogP contribution >= 0.6 is 11.3 Å². The number of hydrogen-bond acceptors (Lipinski definition) is 4. The van der Waals surface area contributed by atoms with Gasteiger partial charge < -0.3 is 10.1 Å². The molecule has 0 aliphatic heterocycles. The van der Waals surface area contributed by atoms with Gasteiger partial charge in [-0.1, -0.05) is 36.4 Å². The number of para-hydroxylation sites is 1. The Morgan fingerprint density at radius 2 is 1.93 bits per heavy atom. The highest BCUT2D eigenvalue weighted by Crippen LogP contribution is 2.32. The van der Waals surface area contributed by atoms with Crippen molar-refractivity contribution >= 4 is 17.2 Å².